The molecule has 1 aromatic carbocycles. The Balaban J connectivity index is 2.11. The predicted octanol–water partition coefficient (Wildman–Crippen LogP) is 2.83. The maximum absolute atomic E-state index is 4.32. The smallest absolute Gasteiger partial charge is 0.0160 e. The number of benzene rings is 1. The summed E-state index contributed by atoms with van der Waals surface area (Å²) >= 11 is 0. The molecule has 0 N–H and O–H groups in total. The normalized spacial score (nSPS) is 19.3. The second-order valence-electron chi connectivity index (χ2n) is 4.17. The highest BCUT2D eigenvalue weighted by Crippen LogP contribution is 2.25. The van der Waals surface area contributed by atoms with Gasteiger partial charge in [0.25, 0.3) is 0 Å². The van der Waals surface area contributed by atoms with Crippen LogP contribution in [0.3, 0.4) is 0 Å². The molecule has 0 saturated carbocycles. The lowest BCUT2D eigenvalue weighted by molar-refractivity contribution is 0.258. The van der Waals surface area contributed by atoms with Gasteiger partial charge in [-0.2, -0.15) is 7.05 Å². The van der Waals surface area contributed by atoms with Gasteiger partial charge in [-0.3, -0.25) is 4.90 Å². The highest BCUT2D eigenvalue weighted by atomic mass is 15.2. The van der Waals surface area contributed by atoms with Crippen molar-refractivity contribution in [3.05, 3.63) is 41.2 Å². The van der Waals surface area contributed by atoms with Crippen LogP contribution in [0.25, 0.3) is 5.32 Å². The fraction of sp³-hybridized carbons (Fsp3) is 0.538. The number of nitrogens with zero attached hydrogens (tertiary/aromatic N) is 2. The van der Waals surface area contributed by atoms with Crippen LogP contribution in [0.2, 0.25) is 0 Å². The molecule has 2 heteroatoms. The Morgan fingerprint density at radius 3 is 2.47 bits per heavy atom. The molecule has 1 aromatic rings. The fourth-order valence-electron chi connectivity index (χ4n) is 2.33. The van der Waals surface area contributed by atoms with E-state index in [-0.39, 0.29) is 0 Å². The van der Waals surface area contributed by atoms with E-state index in [0.29, 0.717) is 6.04 Å². The van der Waals surface area contributed by atoms with E-state index in [4.69, 9.17) is 0 Å². The zero-order chi connectivity index (χ0) is 10.5. The average molecular weight is 203 g/mol. The minimum Gasteiger partial charge on any atom is -0.663 e. The lowest BCUT2D eigenvalue weighted by Gasteiger charge is -2.32. The summed E-state index contributed by atoms with van der Waals surface area (Å²) in [6.45, 7) is 3.38. The van der Waals surface area contributed by atoms with Crippen LogP contribution in [-0.4, -0.2) is 31.6 Å². The second kappa shape index (κ2) is 5.29. The Bertz CT molecular complexity index is 278. The summed E-state index contributed by atoms with van der Waals surface area (Å²) in [5.74, 6) is 0. The van der Waals surface area contributed by atoms with E-state index in [1.807, 2.05) is 7.05 Å². The molecule has 1 saturated heterocycles. The van der Waals surface area contributed by atoms with E-state index in [2.05, 4.69) is 40.5 Å². The van der Waals surface area contributed by atoms with Crippen molar-refractivity contribution in [2.45, 2.75) is 18.9 Å². The minimum absolute atomic E-state index is 0.499. The first-order valence-electron chi connectivity index (χ1n) is 5.76. The first kappa shape index (κ1) is 10.7. The number of hydrogen-bond donors (Lipinski definition) is 0. The molecular weight excluding hydrogens is 184 g/mol. The molecule has 1 atom stereocenters. The van der Waals surface area contributed by atoms with Crippen LogP contribution in [0.4, 0.5) is 0 Å². The molecule has 0 spiro atoms. The van der Waals surface area contributed by atoms with E-state index < -0.39 is 0 Å². The van der Waals surface area contributed by atoms with Gasteiger partial charge < -0.3 is 5.32 Å². The topological polar surface area (TPSA) is 17.3 Å². The van der Waals surface area contributed by atoms with E-state index in [1.165, 1.54) is 31.5 Å². The summed E-state index contributed by atoms with van der Waals surface area (Å²) in [5.41, 5.74) is 1.41. The summed E-state index contributed by atoms with van der Waals surface area (Å²) in [7, 11) is 1.91. The van der Waals surface area contributed by atoms with Gasteiger partial charge in [0.1, 0.15) is 0 Å². The Kier molecular flexibility index (Phi) is 3.75. The molecule has 1 aliphatic heterocycles. The van der Waals surface area contributed by atoms with Crippen LogP contribution >= 0.6 is 0 Å². The third-order valence-corrected chi connectivity index (χ3v) is 3.12. The molecule has 82 valence electrons. The molecule has 0 aromatic heterocycles. The molecule has 1 unspecified atom stereocenters. The van der Waals surface area contributed by atoms with E-state index in [0.717, 1.165) is 6.54 Å². The maximum Gasteiger partial charge on any atom is 0.0160 e. The van der Waals surface area contributed by atoms with Crippen molar-refractivity contribution in [2.24, 2.45) is 0 Å². The van der Waals surface area contributed by atoms with Crippen LogP contribution in [0.1, 0.15) is 24.4 Å². The second-order valence-corrected chi connectivity index (χ2v) is 4.17. The van der Waals surface area contributed by atoms with Gasteiger partial charge in [0.2, 0.25) is 0 Å². The lowest BCUT2D eigenvalue weighted by atomic mass is 10.1. The van der Waals surface area contributed by atoms with Gasteiger partial charge in [0.15, 0.2) is 0 Å². The molecule has 1 aliphatic rings. The number of likely N-dealkylation sites (tertiary alicyclic amines) is 1. The van der Waals surface area contributed by atoms with Crippen molar-refractivity contribution >= 4 is 0 Å². The molecule has 2 nitrogen and oxygen atoms in total. The monoisotopic (exact) mass is 203 g/mol. The average Bonchev–Trinajstić information content (AvgIpc) is 2.80. The van der Waals surface area contributed by atoms with Gasteiger partial charge in [-0.25, -0.2) is 0 Å². The fourth-order valence-corrected chi connectivity index (χ4v) is 2.33. The van der Waals surface area contributed by atoms with Crippen molar-refractivity contribution in [3.63, 3.8) is 0 Å². The molecule has 15 heavy (non-hydrogen) atoms. The van der Waals surface area contributed by atoms with E-state index in [9.17, 15) is 0 Å². The lowest BCUT2D eigenvalue weighted by Crippen LogP contribution is -2.27. The number of likely N-dealkylation sites (N-methyl/N-ethyl adjacent to an activating group) is 1. The van der Waals surface area contributed by atoms with Crippen molar-refractivity contribution in [2.75, 3.05) is 26.7 Å². The van der Waals surface area contributed by atoms with Gasteiger partial charge in [0.05, 0.1) is 0 Å². The maximum atomic E-state index is 4.32. The Hall–Kier alpha value is -0.860. The molecule has 0 radical (unpaired) electrons. The SMILES string of the molecule is C[N-]CC(c1ccccc1)N1CCCC1. The van der Waals surface area contributed by atoms with Crippen molar-refractivity contribution in [3.8, 4) is 0 Å². The summed E-state index contributed by atoms with van der Waals surface area (Å²) in [4.78, 5) is 2.56. The van der Waals surface area contributed by atoms with Crippen LogP contribution in [0, 0.1) is 0 Å². The molecular formula is C13H19N2-. The van der Waals surface area contributed by atoms with Gasteiger partial charge in [-0.05, 0) is 31.5 Å². The minimum atomic E-state index is 0.499. The quantitative estimate of drug-likeness (QED) is 0.735. The molecule has 1 heterocycles. The predicted molar refractivity (Wildman–Crippen MR) is 64.1 cm³/mol. The zero-order valence-electron chi connectivity index (χ0n) is 9.39. The van der Waals surface area contributed by atoms with Gasteiger partial charge in [-0.1, -0.05) is 30.3 Å². The molecule has 0 bridgehead atoms. The Labute approximate surface area is 92.3 Å². The van der Waals surface area contributed by atoms with Crippen LogP contribution in [0.15, 0.2) is 30.3 Å². The summed E-state index contributed by atoms with van der Waals surface area (Å²) < 4.78 is 0. The summed E-state index contributed by atoms with van der Waals surface area (Å²) in [5, 5.41) is 4.32. The first-order chi connectivity index (χ1) is 7.42. The van der Waals surface area contributed by atoms with Crippen LogP contribution in [0.5, 0.6) is 0 Å². The highest BCUT2D eigenvalue weighted by Gasteiger charge is 2.19. The van der Waals surface area contributed by atoms with E-state index >= 15 is 0 Å². The third kappa shape index (κ3) is 2.58. The first-order valence-corrected chi connectivity index (χ1v) is 5.76. The van der Waals surface area contributed by atoms with Gasteiger partial charge in [-0.15, -0.1) is 6.54 Å². The summed E-state index contributed by atoms with van der Waals surface area (Å²) in [6, 6.07) is 11.2. The van der Waals surface area contributed by atoms with Crippen molar-refractivity contribution < 1.29 is 0 Å². The molecule has 0 amide bonds. The summed E-state index contributed by atoms with van der Waals surface area (Å²) in [6.07, 6.45) is 2.68. The number of hydrogen-bond acceptors (Lipinski definition) is 1. The largest absolute Gasteiger partial charge is 0.663 e. The van der Waals surface area contributed by atoms with Crippen LogP contribution < -0.4 is 0 Å². The molecule has 1 fully saturated rings. The van der Waals surface area contributed by atoms with Crippen LogP contribution in [-0.2, 0) is 0 Å². The molecule has 0 aliphatic carbocycles. The number of rotatable bonds is 4. The molecule has 2 rings (SSSR count). The van der Waals surface area contributed by atoms with E-state index in [1.54, 1.807) is 0 Å². The Morgan fingerprint density at radius 2 is 1.87 bits per heavy atom. The Morgan fingerprint density at radius 1 is 1.20 bits per heavy atom. The van der Waals surface area contributed by atoms with Gasteiger partial charge >= 0.3 is 0 Å². The van der Waals surface area contributed by atoms with Crippen molar-refractivity contribution in [1.82, 2.24) is 4.90 Å². The van der Waals surface area contributed by atoms with Crippen molar-refractivity contribution in [1.29, 1.82) is 0 Å². The standard InChI is InChI=1S/C13H19N2/c1-14-11-13(15-9-5-6-10-15)12-7-3-2-4-8-12/h2-4,7-8,13H,5-6,9-11H2,1H3/q-1. The highest BCUT2D eigenvalue weighted by molar-refractivity contribution is 5.20. The third-order valence-electron chi connectivity index (χ3n) is 3.12. The zero-order valence-corrected chi connectivity index (χ0v) is 9.39. The van der Waals surface area contributed by atoms with Gasteiger partial charge in [0, 0.05) is 6.04 Å².